The zero-order valence-electron chi connectivity index (χ0n) is 18.0. The zero-order chi connectivity index (χ0) is 25.9. The molecule has 0 radical (unpaired) electrons. The number of aliphatic hydroxyl groups is 3. The van der Waals surface area contributed by atoms with Crippen molar-refractivity contribution in [3.05, 3.63) is 64.0 Å². The topological polar surface area (TPSA) is 118 Å². The Morgan fingerprint density at radius 1 is 1.11 bits per heavy atom. The van der Waals surface area contributed by atoms with E-state index in [1.54, 1.807) is 0 Å². The number of ether oxygens (including phenoxy) is 1. The van der Waals surface area contributed by atoms with E-state index in [4.69, 9.17) is 27.9 Å². The molecule has 35 heavy (non-hydrogen) atoms. The van der Waals surface area contributed by atoms with Gasteiger partial charge in [-0.2, -0.15) is 0 Å². The van der Waals surface area contributed by atoms with Crippen molar-refractivity contribution in [2.24, 2.45) is 0 Å². The number of hydrogen-bond donors (Lipinski definition) is 3. The maximum Gasteiger partial charge on any atom is 0.194 e. The van der Waals surface area contributed by atoms with Crippen LogP contribution in [0, 0.1) is 17.5 Å². The molecule has 3 aromatic rings. The van der Waals surface area contributed by atoms with Gasteiger partial charge in [0.15, 0.2) is 22.9 Å². The van der Waals surface area contributed by atoms with Gasteiger partial charge in [-0.15, -0.1) is 5.10 Å². The molecule has 0 fully saturated rings. The van der Waals surface area contributed by atoms with Gasteiger partial charge in [0, 0.05) is 10.5 Å². The number of benzene rings is 2. The molecule has 0 saturated carbocycles. The Labute approximate surface area is 210 Å². The van der Waals surface area contributed by atoms with Gasteiger partial charge in [0.2, 0.25) is 0 Å². The van der Waals surface area contributed by atoms with Gasteiger partial charge < -0.3 is 20.1 Å². The third kappa shape index (κ3) is 6.58. The number of hydrogen-bond acceptors (Lipinski definition) is 7. The minimum Gasteiger partial charge on any atom is -0.394 e. The first kappa shape index (κ1) is 27.5. The van der Waals surface area contributed by atoms with Gasteiger partial charge in [-0.3, -0.25) is 4.21 Å². The van der Waals surface area contributed by atoms with Crippen LogP contribution in [0.1, 0.15) is 6.92 Å². The van der Waals surface area contributed by atoms with E-state index < -0.39 is 58.6 Å². The van der Waals surface area contributed by atoms with Crippen LogP contribution in [0.3, 0.4) is 0 Å². The van der Waals surface area contributed by atoms with Crippen LogP contribution in [0.5, 0.6) is 0 Å². The van der Waals surface area contributed by atoms with Crippen LogP contribution >= 0.6 is 23.2 Å². The monoisotopic (exact) mass is 553 g/mol. The standard InChI is InChI=1S/C21H20Cl2F3N3O5S/c1-10(31)19(9-30)34-21(35(33)12-2-3-13(22)14(23)6-12)18(32)8-29-7-17(27-28-29)11-4-15(24)20(26)16(25)5-11/h2-7,10,18-19,21,30-32H,8-9H2,1H3/t10-,18+,19?,21?,35?/m1/s1. The summed E-state index contributed by atoms with van der Waals surface area (Å²) < 4.78 is 60.3. The first-order valence-corrected chi connectivity index (χ1v) is 12.0. The Bertz CT molecular complexity index is 1190. The number of aliphatic hydroxyl groups excluding tert-OH is 3. The summed E-state index contributed by atoms with van der Waals surface area (Å²) in [5.41, 5.74) is -1.59. The number of halogens is 5. The van der Waals surface area contributed by atoms with E-state index in [1.807, 2.05) is 0 Å². The molecule has 14 heteroatoms. The Morgan fingerprint density at radius 2 is 1.77 bits per heavy atom. The molecule has 0 saturated heterocycles. The van der Waals surface area contributed by atoms with Crippen LogP contribution in [0.15, 0.2) is 41.4 Å². The molecule has 0 bridgehead atoms. The van der Waals surface area contributed by atoms with Gasteiger partial charge in [-0.05, 0) is 37.3 Å². The smallest absolute Gasteiger partial charge is 0.194 e. The molecule has 3 rings (SSSR count). The van der Waals surface area contributed by atoms with Crippen LogP contribution in [0.2, 0.25) is 10.0 Å². The lowest BCUT2D eigenvalue weighted by Crippen LogP contribution is -2.43. The van der Waals surface area contributed by atoms with E-state index in [0.29, 0.717) is 0 Å². The van der Waals surface area contributed by atoms with Gasteiger partial charge in [0.25, 0.3) is 0 Å². The third-order valence-electron chi connectivity index (χ3n) is 4.87. The van der Waals surface area contributed by atoms with Crippen LogP contribution in [-0.4, -0.2) is 64.9 Å². The van der Waals surface area contributed by atoms with E-state index in [9.17, 15) is 32.7 Å². The fourth-order valence-corrected chi connectivity index (χ4v) is 4.68. The minimum absolute atomic E-state index is 0.0183. The fourth-order valence-electron chi connectivity index (χ4n) is 3.00. The van der Waals surface area contributed by atoms with Crippen LogP contribution in [0.25, 0.3) is 11.3 Å². The Hall–Kier alpha value is -2.06. The fraction of sp³-hybridized carbons (Fsp3) is 0.333. The second-order valence-electron chi connectivity index (χ2n) is 7.49. The molecular formula is C21H20Cl2F3N3O5S. The van der Waals surface area contributed by atoms with Crippen molar-refractivity contribution in [3.8, 4) is 11.3 Å². The molecular weight excluding hydrogens is 534 g/mol. The van der Waals surface area contributed by atoms with Gasteiger partial charge in [0.05, 0.1) is 46.3 Å². The lowest BCUT2D eigenvalue weighted by Gasteiger charge is -2.28. The molecule has 2 aromatic carbocycles. The molecule has 1 aromatic heterocycles. The molecule has 0 aliphatic carbocycles. The van der Waals surface area contributed by atoms with E-state index in [0.717, 1.165) is 16.8 Å². The normalized spacial score (nSPS) is 16.0. The number of aromatic nitrogens is 3. The highest BCUT2D eigenvalue weighted by atomic mass is 35.5. The highest BCUT2D eigenvalue weighted by Crippen LogP contribution is 2.27. The quantitative estimate of drug-likeness (QED) is 0.330. The first-order valence-electron chi connectivity index (χ1n) is 10.0. The SMILES string of the molecule is C[C@@H](O)C(CO)OC([C@@H](O)Cn1cc(-c2cc(F)c(F)c(F)c2)nn1)S(=O)c1ccc(Cl)c(Cl)c1. The number of rotatable bonds is 10. The van der Waals surface area contributed by atoms with Crippen molar-refractivity contribution < 1.29 is 37.4 Å². The zero-order valence-corrected chi connectivity index (χ0v) is 20.3. The second kappa shape index (κ2) is 11.8. The third-order valence-corrected chi connectivity index (χ3v) is 7.17. The predicted octanol–water partition coefficient (Wildman–Crippen LogP) is 2.92. The van der Waals surface area contributed by atoms with Gasteiger partial charge in [-0.1, -0.05) is 28.4 Å². The molecule has 5 atom stereocenters. The first-order chi connectivity index (χ1) is 16.5. The van der Waals surface area contributed by atoms with Crippen LogP contribution in [-0.2, 0) is 22.1 Å². The Kier molecular flexibility index (Phi) is 9.27. The average molecular weight is 554 g/mol. The second-order valence-corrected chi connectivity index (χ2v) is 9.83. The van der Waals surface area contributed by atoms with Crippen molar-refractivity contribution in [1.29, 1.82) is 0 Å². The van der Waals surface area contributed by atoms with Gasteiger partial charge >= 0.3 is 0 Å². The van der Waals surface area contributed by atoms with Crippen molar-refractivity contribution in [1.82, 2.24) is 15.0 Å². The summed E-state index contributed by atoms with van der Waals surface area (Å²) in [7, 11) is -2.06. The maximum atomic E-state index is 13.6. The highest BCUT2D eigenvalue weighted by molar-refractivity contribution is 7.85. The summed E-state index contributed by atoms with van der Waals surface area (Å²) in [5.74, 6) is -4.45. The summed E-state index contributed by atoms with van der Waals surface area (Å²) in [4.78, 5) is 0.155. The Morgan fingerprint density at radius 3 is 2.34 bits per heavy atom. The highest BCUT2D eigenvalue weighted by Gasteiger charge is 2.33. The molecule has 190 valence electrons. The van der Waals surface area contributed by atoms with E-state index in [2.05, 4.69) is 10.3 Å². The van der Waals surface area contributed by atoms with E-state index in [1.165, 1.54) is 31.3 Å². The molecule has 0 aliphatic rings. The maximum absolute atomic E-state index is 13.6. The molecule has 0 spiro atoms. The largest absolute Gasteiger partial charge is 0.394 e. The summed E-state index contributed by atoms with van der Waals surface area (Å²) >= 11 is 11.9. The summed E-state index contributed by atoms with van der Waals surface area (Å²) in [6.45, 7) is 0.362. The summed E-state index contributed by atoms with van der Waals surface area (Å²) in [6, 6.07) is 5.62. The summed E-state index contributed by atoms with van der Waals surface area (Å²) in [5, 5.41) is 38.1. The van der Waals surface area contributed by atoms with Crippen molar-refractivity contribution in [2.75, 3.05) is 6.61 Å². The van der Waals surface area contributed by atoms with Gasteiger partial charge in [0.1, 0.15) is 17.9 Å². The van der Waals surface area contributed by atoms with Crippen molar-refractivity contribution >= 4 is 34.0 Å². The van der Waals surface area contributed by atoms with Crippen molar-refractivity contribution in [2.45, 2.75) is 42.1 Å². The molecule has 1 heterocycles. The molecule has 3 unspecified atom stereocenters. The van der Waals surface area contributed by atoms with E-state index in [-0.39, 0.29) is 32.7 Å². The minimum atomic E-state index is -2.06. The van der Waals surface area contributed by atoms with Crippen LogP contribution in [0.4, 0.5) is 13.2 Å². The molecule has 8 nitrogen and oxygen atoms in total. The lowest BCUT2D eigenvalue weighted by atomic mass is 10.1. The van der Waals surface area contributed by atoms with Crippen molar-refractivity contribution in [3.63, 3.8) is 0 Å². The van der Waals surface area contributed by atoms with E-state index >= 15 is 0 Å². The van der Waals surface area contributed by atoms with Crippen LogP contribution < -0.4 is 0 Å². The molecule has 0 amide bonds. The summed E-state index contributed by atoms with van der Waals surface area (Å²) in [6.07, 6.45) is -2.65. The number of nitrogens with zero attached hydrogens (tertiary/aromatic N) is 3. The van der Waals surface area contributed by atoms with Gasteiger partial charge in [-0.25, -0.2) is 17.9 Å². The predicted molar refractivity (Wildman–Crippen MR) is 122 cm³/mol. The molecule has 3 N–H and O–H groups in total. The Balaban J connectivity index is 1.87. The molecule has 0 aliphatic heterocycles. The average Bonchev–Trinajstić information content (AvgIpc) is 3.27. The lowest BCUT2D eigenvalue weighted by molar-refractivity contribution is -0.0988.